The molecule has 90 valence electrons. The highest BCUT2D eigenvalue weighted by Gasteiger charge is 2.31. The maximum absolute atomic E-state index is 5.45. The zero-order valence-corrected chi connectivity index (χ0v) is 10.6. The van der Waals surface area contributed by atoms with E-state index in [1.54, 1.807) is 0 Å². The summed E-state index contributed by atoms with van der Waals surface area (Å²) in [5.41, 5.74) is 0. The Morgan fingerprint density at radius 1 is 0.933 bits per heavy atom. The first kappa shape index (κ1) is 13.0. The fraction of sp³-hybridized carbons (Fsp3) is 1.00. The summed E-state index contributed by atoms with van der Waals surface area (Å²) in [6.45, 7) is 5.61. The third kappa shape index (κ3) is 6.19. The molecule has 0 aliphatic carbocycles. The molecule has 0 saturated carbocycles. The Hall–Kier alpha value is -0.0400. The molecule has 15 heavy (non-hydrogen) atoms. The predicted molar refractivity (Wildman–Crippen MR) is 66.1 cm³/mol. The van der Waals surface area contributed by atoms with Crippen molar-refractivity contribution in [2.24, 2.45) is 5.92 Å². The van der Waals surface area contributed by atoms with Gasteiger partial charge in [0.2, 0.25) is 0 Å². The quantitative estimate of drug-likeness (QED) is 0.382. The van der Waals surface area contributed by atoms with Gasteiger partial charge in [-0.3, -0.25) is 0 Å². The molecule has 1 heteroatoms. The summed E-state index contributed by atoms with van der Waals surface area (Å²) in [7, 11) is 0. The van der Waals surface area contributed by atoms with Crippen molar-refractivity contribution < 1.29 is 4.74 Å². The molecule has 2 unspecified atom stereocenters. The van der Waals surface area contributed by atoms with Crippen LogP contribution in [-0.2, 0) is 4.74 Å². The van der Waals surface area contributed by atoms with Gasteiger partial charge in [-0.2, -0.15) is 0 Å². The van der Waals surface area contributed by atoms with Crippen LogP contribution in [0.5, 0.6) is 0 Å². The van der Waals surface area contributed by atoms with E-state index < -0.39 is 0 Å². The maximum atomic E-state index is 5.45. The largest absolute Gasteiger partial charge is 0.373 e. The van der Waals surface area contributed by atoms with Gasteiger partial charge in [0.25, 0.3) is 0 Å². The van der Waals surface area contributed by atoms with Crippen molar-refractivity contribution in [2.45, 2.75) is 77.7 Å². The van der Waals surface area contributed by atoms with Gasteiger partial charge in [-0.15, -0.1) is 0 Å². The summed E-state index contributed by atoms with van der Waals surface area (Å²) in [5, 5.41) is 0. The van der Waals surface area contributed by atoms with Crippen LogP contribution in [0, 0.1) is 5.92 Å². The lowest BCUT2D eigenvalue weighted by Crippen LogP contribution is -2.08. The Balaban J connectivity index is 1.98. The minimum Gasteiger partial charge on any atom is -0.373 e. The molecule has 1 nitrogen and oxygen atoms in total. The topological polar surface area (TPSA) is 12.5 Å². The molecule has 1 saturated heterocycles. The normalized spacial score (nSPS) is 21.6. The highest BCUT2D eigenvalue weighted by molar-refractivity contribution is 4.79. The number of hydrogen-bond acceptors (Lipinski definition) is 1. The molecule has 0 aromatic rings. The number of ether oxygens (including phenoxy) is 1. The van der Waals surface area contributed by atoms with Gasteiger partial charge in [-0.1, -0.05) is 58.8 Å². The van der Waals surface area contributed by atoms with Crippen LogP contribution in [0.2, 0.25) is 0 Å². The van der Waals surface area contributed by atoms with Gasteiger partial charge in [0.15, 0.2) is 0 Å². The predicted octanol–water partition coefficient (Wildman–Crippen LogP) is 4.55. The molecular formula is C14H28O. The fourth-order valence-corrected chi connectivity index (χ4v) is 2.32. The van der Waals surface area contributed by atoms with E-state index in [1.807, 2.05) is 0 Å². The maximum Gasteiger partial charge on any atom is 0.0838 e. The van der Waals surface area contributed by atoms with Crippen molar-refractivity contribution in [1.82, 2.24) is 0 Å². The molecule has 0 spiro atoms. The van der Waals surface area contributed by atoms with Gasteiger partial charge >= 0.3 is 0 Å². The first-order valence-corrected chi connectivity index (χ1v) is 7.00. The Labute approximate surface area is 95.6 Å². The Morgan fingerprint density at radius 3 is 2.13 bits per heavy atom. The van der Waals surface area contributed by atoms with Crippen molar-refractivity contribution in [3.8, 4) is 0 Å². The van der Waals surface area contributed by atoms with Crippen LogP contribution in [-0.4, -0.2) is 12.7 Å². The smallest absolute Gasteiger partial charge is 0.0838 e. The minimum absolute atomic E-state index is 0.641. The SMILES string of the molecule is CCCCCCCC(CCCC)C1CO1. The van der Waals surface area contributed by atoms with Crippen LogP contribution >= 0.6 is 0 Å². The van der Waals surface area contributed by atoms with Gasteiger partial charge in [0.05, 0.1) is 12.7 Å². The Morgan fingerprint density at radius 2 is 1.53 bits per heavy atom. The van der Waals surface area contributed by atoms with Crippen LogP contribution < -0.4 is 0 Å². The van der Waals surface area contributed by atoms with Crippen LogP contribution in [0.4, 0.5) is 0 Å². The van der Waals surface area contributed by atoms with Gasteiger partial charge < -0.3 is 4.74 Å². The molecule has 0 aromatic carbocycles. The fourth-order valence-electron chi connectivity index (χ4n) is 2.32. The van der Waals surface area contributed by atoms with E-state index >= 15 is 0 Å². The van der Waals surface area contributed by atoms with Crippen LogP contribution in [0.3, 0.4) is 0 Å². The summed E-state index contributed by atoms with van der Waals surface area (Å²) in [6, 6.07) is 0. The molecule has 1 aliphatic heterocycles. The van der Waals surface area contributed by atoms with Gasteiger partial charge in [0.1, 0.15) is 0 Å². The molecule has 1 heterocycles. The Kier molecular flexibility index (Phi) is 7.08. The second-order valence-electron chi connectivity index (χ2n) is 4.98. The molecular weight excluding hydrogens is 184 g/mol. The summed E-state index contributed by atoms with van der Waals surface area (Å²) in [4.78, 5) is 0. The average Bonchev–Trinajstić information content (AvgIpc) is 3.06. The molecule has 1 fully saturated rings. The first-order chi connectivity index (χ1) is 7.38. The van der Waals surface area contributed by atoms with E-state index in [9.17, 15) is 0 Å². The number of rotatable bonds is 10. The zero-order valence-electron chi connectivity index (χ0n) is 10.6. The van der Waals surface area contributed by atoms with Crippen LogP contribution in [0.25, 0.3) is 0 Å². The average molecular weight is 212 g/mol. The molecule has 1 rings (SSSR count). The number of epoxide rings is 1. The van der Waals surface area contributed by atoms with E-state index in [0.29, 0.717) is 6.10 Å². The molecule has 0 N–H and O–H groups in total. The third-order valence-corrected chi connectivity index (χ3v) is 3.49. The number of hydrogen-bond donors (Lipinski definition) is 0. The lowest BCUT2D eigenvalue weighted by Gasteiger charge is -2.13. The van der Waals surface area contributed by atoms with E-state index in [1.165, 1.54) is 57.8 Å². The summed E-state index contributed by atoms with van der Waals surface area (Å²) >= 11 is 0. The van der Waals surface area contributed by atoms with E-state index in [-0.39, 0.29) is 0 Å². The van der Waals surface area contributed by atoms with Crippen molar-refractivity contribution in [2.75, 3.05) is 6.61 Å². The monoisotopic (exact) mass is 212 g/mol. The number of unbranched alkanes of at least 4 members (excludes halogenated alkanes) is 5. The zero-order chi connectivity index (χ0) is 10.9. The van der Waals surface area contributed by atoms with Gasteiger partial charge in [0, 0.05) is 0 Å². The van der Waals surface area contributed by atoms with Crippen LogP contribution in [0.15, 0.2) is 0 Å². The lowest BCUT2D eigenvalue weighted by molar-refractivity contribution is 0.291. The Bertz CT molecular complexity index is 140. The summed E-state index contributed by atoms with van der Waals surface area (Å²) in [6.07, 6.45) is 13.2. The summed E-state index contributed by atoms with van der Waals surface area (Å²) < 4.78 is 5.45. The standard InChI is InChI=1S/C14H28O/c1-3-5-7-8-9-11-13(10-6-4-2)14-12-15-14/h13-14H,3-12H2,1-2H3. The highest BCUT2D eigenvalue weighted by Crippen LogP contribution is 2.29. The minimum atomic E-state index is 0.641. The lowest BCUT2D eigenvalue weighted by atomic mass is 9.92. The van der Waals surface area contributed by atoms with E-state index in [2.05, 4.69) is 13.8 Å². The second-order valence-corrected chi connectivity index (χ2v) is 4.98. The molecule has 1 aliphatic rings. The van der Waals surface area contributed by atoms with Gasteiger partial charge in [-0.25, -0.2) is 0 Å². The van der Waals surface area contributed by atoms with Crippen LogP contribution in [0.1, 0.15) is 71.6 Å². The first-order valence-electron chi connectivity index (χ1n) is 7.00. The summed E-state index contributed by atoms with van der Waals surface area (Å²) in [5.74, 6) is 0.881. The van der Waals surface area contributed by atoms with Crippen molar-refractivity contribution >= 4 is 0 Å². The van der Waals surface area contributed by atoms with Crippen molar-refractivity contribution in [3.05, 3.63) is 0 Å². The molecule has 0 bridgehead atoms. The van der Waals surface area contributed by atoms with Crippen molar-refractivity contribution in [3.63, 3.8) is 0 Å². The molecule has 2 atom stereocenters. The highest BCUT2D eigenvalue weighted by atomic mass is 16.6. The van der Waals surface area contributed by atoms with E-state index in [0.717, 1.165) is 12.5 Å². The molecule has 0 radical (unpaired) electrons. The second kappa shape index (κ2) is 8.15. The molecule has 0 amide bonds. The molecule has 0 aromatic heterocycles. The van der Waals surface area contributed by atoms with Gasteiger partial charge in [-0.05, 0) is 18.8 Å². The van der Waals surface area contributed by atoms with E-state index in [4.69, 9.17) is 4.74 Å². The third-order valence-electron chi connectivity index (χ3n) is 3.49. The van der Waals surface area contributed by atoms with Crippen molar-refractivity contribution in [1.29, 1.82) is 0 Å².